The second-order valence-corrected chi connectivity index (χ2v) is 4.58. The third-order valence-electron chi connectivity index (χ3n) is 3.04. The number of esters is 1. The number of non-ortho nitro benzene ring substituents is 1. The van der Waals surface area contributed by atoms with Gasteiger partial charge in [0.25, 0.3) is 5.69 Å². The van der Waals surface area contributed by atoms with E-state index in [0.717, 1.165) is 10.7 Å². The summed E-state index contributed by atoms with van der Waals surface area (Å²) in [7, 11) is 0. The first-order valence-electron chi connectivity index (χ1n) is 6.61. The number of hydrogen-bond acceptors (Lipinski definition) is 6. The first kappa shape index (κ1) is 16.1. The first-order valence-corrected chi connectivity index (χ1v) is 6.61. The van der Waals surface area contributed by atoms with E-state index < -0.39 is 16.9 Å². The van der Waals surface area contributed by atoms with Gasteiger partial charge in [0.1, 0.15) is 0 Å². The number of aromatic carboxylic acids is 1. The van der Waals surface area contributed by atoms with Crippen LogP contribution in [-0.4, -0.2) is 38.4 Å². The molecule has 0 aliphatic heterocycles. The molecule has 0 spiro atoms. The Bertz CT molecular complexity index is 796. The van der Waals surface area contributed by atoms with Crippen molar-refractivity contribution in [3.63, 3.8) is 0 Å². The van der Waals surface area contributed by atoms with E-state index in [1.54, 1.807) is 13.8 Å². The summed E-state index contributed by atoms with van der Waals surface area (Å²) in [5.41, 5.74) is 0.0747. The molecule has 0 amide bonds. The van der Waals surface area contributed by atoms with Gasteiger partial charge in [-0.05, 0) is 19.4 Å². The van der Waals surface area contributed by atoms with Crippen LogP contribution in [0.15, 0.2) is 24.3 Å². The molecule has 0 aliphatic rings. The molecule has 23 heavy (non-hydrogen) atoms. The van der Waals surface area contributed by atoms with Crippen LogP contribution in [-0.2, 0) is 4.74 Å². The number of hydrogen-bond donors (Lipinski definition) is 1. The van der Waals surface area contributed by atoms with Gasteiger partial charge in [-0.25, -0.2) is 14.3 Å². The van der Waals surface area contributed by atoms with E-state index >= 15 is 0 Å². The van der Waals surface area contributed by atoms with Gasteiger partial charge in [0, 0.05) is 18.2 Å². The minimum Gasteiger partial charge on any atom is -0.477 e. The molecule has 0 aliphatic carbocycles. The average Bonchev–Trinajstić information content (AvgIpc) is 2.93. The summed E-state index contributed by atoms with van der Waals surface area (Å²) in [6.07, 6.45) is 0. The number of nitrogens with zero attached hydrogens (tertiary/aromatic N) is 3. The number of carbonyl (C=O) groups excluding carboxylic acids is 1. The highest BCUT2D eigenvalue weighted by molar-refractivity contribution is 5.93. The molecule has 0 atom stereocenters. The van der Waals surface area contributed by atoms with E-state index in [9.17, 15) is 24.8 Å². The highest BCUT2D eigenvalue weighted by Crippen LogP contribution is 2.23. The van der Waals surface area contributed by atoms with E-state index in [1.807, 2.05) is 0 Å². The monoisotopic (exact) mass is 319 g/mol. The van der Waals surface area contributed by atoms with Crippen LogP contribution in [0.5, 0.6) is 0 Å². The normalized spacial score (nSPS) is 10.3. The zero-order valence-electron chi connectivity index (χ0n) is 12.3. The summed E-state index contributed by atoms with van der Waals surface area (Å²) >= 11 is 0. The summed E-state index contributed by atoms with van der Waals surface area (Å²) < 4.78 is 5.77. The van der Waals surface area contributed by atoms with E-state index in [1.165, 1.54) is 18.2 Å². The maximum absolute atomic E-state index is 11.7. The van der Waals surface area contributed by atoms with Crippen molar-refractivity contribution in [2.75, 3.05) is 6.61 Å². The zero-order valence-corrected chi connectivity index (χ0v) is 12.3. The lowest BCUT2D eigenvalue weighted by molar-refractivity contribution is -0.384. The smallest absolute Gasteiger partial charge is 0.358 e. The number of carboxylic acid groups (broad SMARTS) is 1. The van der Waals surface area contributed by atoms with E-state index in [2.05, 4.69) is 5.10 Å². The van der Waals surface area contributed by atoms with Crippen LogP contribution in [0.25, 0.3) is 5.69 Å². The Kier molecular flexibility index (Phi) is 4.39. The molecular weight excluding hydrogens is 306 g/mol. The van der Waals surface area contributed by atoms with Gasteiger partial charge in [-0.15, -0.1) is 0 Å². The lowest BCUT2D eigenvalue weighted by atomic mass is 10.2. The van der Waals surface area contributed by atoms with Gasteiger partial charge in [-0.1, -0.05) is 6.07 Å². The molecule has 1 aromatic carbocycles. The highest BCUT2D eigenvalue weighted by atomic mass is 16.6. The Morgan fingerprint density at radius 1 is 1.39 bits per heavy atom. The number of benzene rings is 1. The van der Waals surface area contributed by atoms with Gasteiger partial charge in [-0.2, -0.15) is 5.10 Å². The van der Waals surface area contributed by atoms with Gasteiger partial charge in [-0.3, -0.25) is 10.1 Å². The second kappa shape index (κ2) is 6.26. The molecular formula is C14H13N3O6. The van der Waals surface area contributed by atoms with Crippen LogP contribution in [0, 0.1) is 17.0 Å². The molecule has 0 fully saturated rings. The molecule has 9 heteroatoms. The van der Waals surface area contributed by atoms with Crippen LogP contribution in [0.3, 0.4) is 0 Å². The number of ether oxygens (including phenoxy) is 1. The molecule has 2 aromatic rings. The number of carboxylic acids is 1. The standard InChI is InChI=1S/C14H13N3O6/c1-3-23-14(20)10-7-12(13(18)19)16(15-10)11-6-9(17(21)22)5-4-8(11)2/h4-7H,3H2,1-2H3,(H,18,19). The maximum atomic E-state index is 11.7. The van der Waals surface area contributed by atoms with Gasteiger partial charge in [0.15, 0.2) is 11.4 Å². The Balaban J connectivity index is 2.62. The summed E-state index contributed by atoms with van der Waals surface area (Å²) in [5.74, 6) is -2.09. The quantitative estimate of drug-likeness (QED) is 0.507. The summed E-state index contributed by atoms with van der Waals surface area (Å²) in [6, 6.07) is 5.04. The summed E-state index contributed by atoms with van der Waals surface area (Å²) in [6.45, 7) is 3.37. The van der Waals surface area contributed by atoms with Gasteiger partial charge >= 0.3 is 11.9 Å². The van der Waals surface area contributed by atoms with Gasteiger partial charge < -0.3 is 9.84 Å². The third-order valence-corrected chi connectivity index (χ3v) is 3.04. The second-order valence-electron chi connectivity index (χ2n) is 4.58. The number of nitro benzene ring substituents is 1. The zero-order chi connectivity index (χ0) is 17.1. The highest BCUT2D eigenvalue weighted by Gasteiger charge is 2.22. The number of rotatable bonds is 5. The van der Waals surface area contributed by atoms with Crippen LogP contribution in [0.1, 0.15) is 33.5 Å². The predicted molar refractivity (Wildman–Crippen MR) is 77.9 cm³/mol. The fraction of sp³-hybridized carbons (Fsp3) is 0.214. The molecule has 0 bridgehead atoms. The van der Waals surface area contributed by atoms with Crippen LogP contribution < -0.4 is 0 Å². The van der Waals surface area contributed by atoms with E-state index in [0.29, 0.717) is 5.56 Å². The molecule has 1 heterocycles. The predicted octanol–water partition coefficient (Wildman–Crippen LogP) is 1.96. The minimum atomic E-state index is -1.32. The number of aromatic nitrogens is 2. The van der Waals surface area contributed by atoms with Gasteiger partial charge in [0.05, 0.1) is 17.2 Å². The van der Waals surface area contributed by atoms with Crippen molar-refractivity contribution >= 4 is 17.6 Å². The Labute approximate surface area is 130 Å². The van der Waals surface area contributed by atoms with Crippen molar-refractivity contribution in [2.45, 2.75) is 13.8 Å². The Morgan fingerprint density at radius 2 is 2.09 bits per heavy atom. The van der Waals surface area contributed by atoms with Crippen LogP contribution in [0.2, 0.25) is 0 Å². The van der Waals surface area contributed by atoms with Crippen molar-refractivity contribution in [3.05, 3.63) is 51.3 Å². The molecule has 0 saturated heterocycles. The third kappa shape index (κ3) is 3.18. The lowest BCUT2D eigenvalue weighted by Crippen LogP contribution is -2.10. The van der Waals surface area contributed by atoms with E-state index in [-0.39, 0.29) is 29.4 Å². The SMILES string of the molecule is CCOC(=O)c1cc(C(=O)O)n(-c2cc([N+](=O)[O-])ccc2C)n1. The summed E-state index contributed by atoms with van der Waals surface area (Å²) in [5, 5.41) is 24.1. The van der Waals surface area contributed by atoms with Crippen LogP contribution in [0.4, 0.5) is 5.69 Å². The van der Waals surface area contributed by atoms with Crippen molar-refractivity contribution in [1.82, 2.24) is 9.78 Å². The van der Waals surface area contributed by atoms with E-state index in [4.69, 9.17) is 4.74 Å². The van der Waals surface area contributed by atoms with Crippen molar-refractivity contribution in [1.29, 1.82) is 0 Å². The Morgan fingerprint density at radius 3 is 2.65 bits per heavy atom. The maximum Gasteiger partial charge on any atom is 0.358 e. The minimum absolute atomic E-state index is 0.115. The molecule has 9 nitrogen and oxygen atoms in total. The molecule has 0 radical (unpaired) electrons. The number of aryl methyl sites for hydroxylation is 1. The van der Waals surface area contributed by atoms with Crippen molar-refractivity contribution < 1.29 is 24.4 Å². The molecule has 1 aromatic heterocycles. The summed E-state index contributed by atoms with van der Waals surface area (Å²) in [4.78, 5) is 33.4. The average molecular weight is 319 g/mol. The van der Waals surface area contributed by atoms with Crippen molar-refractivity contribution in [2.24, 2.45) is 0 Å². The van der Waals surface area contributed by atoms with Gasteiger partial charge in [0.2, 0.25) is 0 Å². The molecule has 2 rings (SSSR count). The fourth-order valence-corrected chi connectivity index (χ4v) is 1.96. The molecule has 1 N–H and O–H groups in total. The first-order chi connectivity index (χ1) is 10.8. The number of nitro groups is 1. The van der Waals surface area contributed by atoms with Crippen LogP contribution >= 0.6 is 0 Å². The largest absolute Gasteiger partial charge is 0.477 e. The Hall–Kier alpha value is -3.23. The lowest BCUT2D eigenvalue weighted by Gasteiger charge is -2.07. The number of carbonyl (C=O) groups is 2. The van der Waals surface area contributed by atoms with Crippen molar-refractivity contribution in [3.8, 4) is 5.69 Å². The molecule has 120 valence electrons. The molecule has 0 saturated carbocycles. The molecule has 0 unspecified atom stereocenters. The topological polar surface area (TPSA) is 125 Å². The fourth-order valence-electron chi connectivity index (χ4n) is 1.96.